The molecule has 0 radical (unpaired) electrons. The molecular formula is C12H10N2O3. The van der Waals surface area contributed by atoms with Crippen LogP contribution in [0.5, 0.6) is 5.88 Å². The highest BCUT2D eigenvalue weighted by molar-refractivity contribution is 5.88. The molecule has 0 aliphatic carbocycles. The van der Waals surface area contributed by atoms with Crippen LogP contribution < -0.4 is 4.74 Å². The Labute approximate surface area is 97.7 Å². The maximum absolute atomic E-state index is 10.7. The van der Waals surface area contributed by atoms with E-state index in [2.05, 4.69) is 10.2 Å². The molecule has 1 aromatic carbocycles. The second-order valence-electron chi connectivity index (χ2n) is 3.34. The van der Waals surface area contributed by atoms with E-state index in [1.165, 1.54) is 19.2 Å². The summed E-state index contributed by atoms with van der Waals surface area (Å²) in [6.45, 7) is 0. The summed E-state index contributed by atoms with van der Waals surface area (Å²) >= 11 is 0. The van der Waals surface area contributed by atoms with Crippen molar-refractivity contribution in [3.05, 3.63) is 42.0 Å². The van der Waals surface area contributed by atoms with Crippen LogP contribution in [0.15, 0.2) is 36.4 Å². The van der Waals surface area contributed by atoms with Crippen molar-refractivity contribution >= 4 is 5.97 Å². The standard InChI is InChI=1S/C12H10N2O3/c1-17-11-7-6-10(13-14-11)8-2-4-9(5-3-8)12(15)16/h2-7H,1H3,(H,15,16). The minimum Gasteiger partial charge on any atom is -0.480 e. The lowest BCUT2D eigenvalue weighted by molar-refractivity contribution is 0.0697. The zero-order valence-corrected chi connectivity index (χ0v) is 9.12. The van der Waals surface area contributed by atoms with Gasteiger partial charge in [0.1, 0.15) is 0 Å². The molecule has 0 aliphatic heterocycles. The van der Waals surface area contributed by atoms with Gasteiger partial charge >= 0.3 is 5.97 Å². The van der Waals surface area contributed by atoms with Gasteiger partial charge in [-0.25, -0.2) is 4.79 Å². The summed E-state index contributed by atoms with van der Waals surface area (Å²) in [5, 5.41) is 16.6. The normalized spacial score (nSPS) is 9.94. The topological polar surface area (TPSA) is 72.3 Å². The smallest absolute Gasteiger partial charge is 0.335 e. The molecule has 0 amide bonds. The number of aromatic nitrogens is 2. The van der Waals surface area contributed by atoms with Crippen molar-refractivity contribution in [1.29, 1.82) is 0 Å². The Balaban J connectivity index is 2.29. The number of hydrogen-bond acceptors (Lipinski definition) is 4. The van der Waals surface area contributed by atoms with Gasteiger partial charge < -0.3 is 9.84 Å². The molecule has 2 rings (SSSR count). The van der Waals surface area contributed by atoms with Crippen molar-refractivity contribution in [2.24, 2.45) is 0 Å². The third-order valence-corrected chi connectivity index (χ3v) is 2.28. The van der Waals surface area contributed by atoms with Gasteiger partial charge in [-0.1, -0.05) is 12.1 Å². The van der Waals surface area contributed by atoms with Crippen LogP contribution in [0, 0.1) is 0 Å². The molecule has 86 valence electrons. The predicted octanol–water partition coefficient (Wildman–Crippen LogP) is 1.85. The second kappa shape index (κ2) is 4.61. The van der Waals surface area contributed by atoms with Crippen molar-refractivity contribution in [2.45, 2.75) is 0 Å². The average molecular weight is 230 g/mol. The maximum atomic E-state index is 10.7. The van der Waals surface area contributed by atoms with Gasteiger partial charge in [-0.3, -0.25) is 0 Å². The predicted molar refractivity (Wildman–Crippen MR) is 61.0 cm³/mol. The molecule has 1 heterocycles. The molecule has 0 spiro atoms. The summed E-state index contributed by atoms with van der Waals surface area (Å²) in [5.74, 6) is -0.506. The number of benzene rings is 1. The molecule has 0 saturated heterocycles. The summed E-state index contributed by atoms with van der Waals surface area (Å²) in [6.07, 6.45) is 0. The Bertz CT molecular complexity index is 520. The first-order chi connectivity index (χ1) is 8.20. The molecule has 2 aromatic rings. The van der Waals surface area contributed by atoms with Gasteiger partial charge in [-0.15, -0.1) is 10.2 Å². The van der Waals surface area contributed by atoms with E-state index in [1.54, 1.807) is 24.3 Å². The summed E-state index contributed by atoms with van der Waals surface area (Å²) in [4.78, 5) is 10.7. The molecule has 0 aliphatic rings. The molecule has 1 aromatic heterocycles. The first-order valence-corrected chi connectivity index (χ1v) is 4.92. The van der Waals surface area contributed by atoms with E-state index in [0.717, 1.165) is 5.56 Å². The van der Waals surface area contributed by atoms with Gasteiger partial charge in [-0.05, 0) is 18.2 Å². The lowest BCUT2D eigenvalue weighted by Gasteiger charge is -2.01. The van der Waals surface area contributed by atoms with Crippen LogP contribution in [0.3, 0.4) is 0 Å². The number of rotatable bonds is 3. The molecule has 0 atom stereocenters. The van der Waals surface area contributed by atoms with Crippen LogP contribution in [-0.4, -0.2) is 28.4 Å². The molecule has 0 bridgehead atoms. The highest BCUT2D eigenvalue weighted by Gasteiger charge is 2.04. The van der Waals surface area contributed by atoms with Crippen molar-refractivity contribution in [2.75, 3.05) is 7.11 Å². The molecule has 0 unspecified atom stereocenters. The third kappa shape index (κ3) is 2.39. The molecule has 5 heteroatoms. The fourth-order valence-corrected chi connectivity index (χ4v) is 1.37. The lowest BCUT2D eigenvalue weighted by atomic mass is 10.1. The summed E-state index contributed by atoms with van der Waals surface area (Å²) in [7, 11) is 1.52. The fourth-order valence-electron chi connectivity index (χ4n) is 1.37. The van der Waals surface area contributed by atoms with E-state index < -0.39 is 5.97 Å². The van der Waals surface area contributed by atoms with E-state index in [9.17, 15) is 4.79 Å². The zero-order valence-electron chi connectivity index (χ0n) is 9.12. The molecule has 5 nitrogen and oxygen atoms in total. The largest absolute Gasteiger partial charge is 0.480 e. The number of ether oxygens (including phenoxy) is 1. The quantitative estimate of drug-likeness (QED) is 0.871. The van der Waals surface area contributed by atoms with E-state index in [-0.39, 0.29) is 5.56 Å². The minimum absolute atomic E-state index is 0.246. The van der Waals surface area contributed by atoms with Gasteiger partial charge in [0.25, 0.3) is 0 Å². The van der Waals surface area contributed by atoms with E-state index >= 15 is 0 Å². The van der Waals surface area contributed by atoms with Gasteiger partial charge in [0.05, 0.1) is 18.4 Å². The number of methoxy groups -OCH3 is 1. The van der Waals surface area contributed by atoms with E-state index in [1.807, 2.05) is 0 Å². The van der Waals surface area contributed by atoms with Gasteiger partial charge in [0.2, 0.25) is 5.88 Å². The van der Waals surface area contributed by atoms with Crippen molar-refractivity contribution in [3.8, 4) is 17.1 Å². The number of aromatic carboxylic acids is 1. The van der Waals surface area contributed by atoms with Crippen molar-refractivity contribution in [3.63, 3.8) is 0 Å². The molecule has 1 N–H and O–H groups in total. The third-order valence-electron chi connectivity index (χ3n) is 2.28. The van der Waals surface area contributed by atoms with Crippen LogP contribution in [0.25, 0.3) is 11.3 Å². The first-order valence-electron chi connectivity index (χ1n) is 4.92. The Kier molecular flexibility index (Phi) is 3.00. The van der Waals surface area contributed by atoms with E-state index in [0.29, 0.717) is 11.6 Å². The first kappa shape index (κ1) is 11.1. The van der Waals surface area contributed by atoms with E-state index in [4.69, 9.17) is 9.84 Å². The van der Waals surface area contributed by atoms with Crippen LogP contribution in [0.1, 0.15) is 10.4 Å². The Morgan fingerprint density at radius 1 is 1.12 bits per heavy atom. The monoisotopic (exact) mass is 230 g/mol. The zero-order chi connectivity index (χ0) is 12.3. The van der Waals surface area contributed by atoms with Gasteiger partial charge in [0.15, 0.2) is 0 Å². The lowest BCUT2D eigenvalue weighted by Crippen LogP contribution is -1.96. The van der Waals surface area contributed by atoms with Crippen LogP contribution in [0.4, 0.5) is 0 Å². The number of hydrogen-bond donors (Lipinski definition) is 1. The summed E-state index contributed by atoms with van der Waals surface area (Å²) in [6, 6.07) is 9.92. The van der Waals surface area contributed by atoms with Crippen molar-refractivity contribution < 1.29 is 14.6 Å². The second-order valence-corrected chi connectivity index (χ2v) is 3.34. The maximum Gasteiger partial charge on any atom is 0.335 e. The SMILES string of the molecule is COc1ccc(-c2ccc(C(=O)O)cc2)nn1. The summed E-state index contributed by atoms with van der Waals surface area (Å²) < 4.78 is 4.90. The molecule has 0 saturated carbocycles. The van der Waals surface area contributed by atoms with Crippen molar-refractivity contribution in [1.82, 2.24) is 10.2 Å². The Morgan fingerprint density at radius 3 is 2.29 bits per heavy atom. The van der Waals surface area contributed by atoms with Gasteiger partial charge in [-0.2, -0.15) is 0 Å². The van der Waals surface area contributed by atoms with Crippen LogP contribution in [-0.2, 0) is 0 Å². The number of carboxylic acid groups (broad SMARTS) is 1. The highest BCUT2D eigenvalue weighted by atomic mass is 16.5. The number of carboxylic acids is 1. The summed E-state index contributed by atoms with van der Waals surface area (Å²) in [5.41, 5.74) is 1.73. The highest BCUT2D eigenvalue weighted by Crippen LogP contribution is 2.18. The Morgan fingerprint density at radius 2 is 1.82 bits per heavy atom. The number of carbonyl (C=O) groups is 1. The van der Waals surface area contributed by atoms with Gasteiger partial charge in [0, 0.05) is 11.6 Å². The average Bonchev–Trinajstić information content (AvgIpc) is 2.39. The molecule has 0 fully saturated rings. The fraction of sp³-hybridized carbons (Fsp3) is 0.0833. The van der Waals surface area contributed by atoms with Crippen LogP contribution >= 0.6 is 0 Å². The molecular weight excluding hydrogens is 220 g/mol. The molecule has 17 heavy (non-hydrogen) atoms. The van der Waals surface area contributed by atoms with Crippen LogP contribution in [0.2, 0.25) is 0 Å². The number of nitrogens with zero attached hydrogens (tertiary/aromatic N) is 2. The Hall–Kier alpha value is -2.43. The minimum atomic E-state index is -0.947.